The standard InChI is InChI=1S/C14H19N3OS2/c1-8(18)7-15-13-12-11(16-14(17-13)19-2)9-5-3-4-6-10(9)20-12/h8,18H,3-7H2,1-2H3,(H,15,16,17)/t8-/m0/s1. The lowest BCUT2D eigenvalue weighted by atomic mass is 9.98. The number of aliphatic hydroxyl groups excluding tert-OH is 1. The summed E-state index contributed by atoms with van der Waals surface area (Å²) in [6.07, 6.45) is 6.45. The fourth-order valence-electron chi connectivity index (χ4n) is 2.55. The summed E-state index contributed by atoms with van der Waals surface area (Å²) in [4.78, 5) is 10.8. The molecule has 4 nitrogen and oxygen atoms in total. The van der Waals surface area contributed by atoms with E-state index in [2.05, 4.69) is 10.3 Å². The van der Waals surface area contributed by atoms with Gasteiger partial charge in [-0.05, 0) is 44.4 Å². The number of nitrogens with zero attached hydrogens (tertiary/aromatic N) is 2. The number of aromatic nitrogens is 2. The van der Waals surface area contributed by atoms with Crippen molar-refractivity contribution in [3.8, 4) is 0 Å². The highest BCUT2D eigenvalue weighted by molar-refractivity contribution is 7.98. The van der Waals surface area contributed by atoms with Gasteiger partial charge in [0.15, 0.2) is 5.16 Å². The maximum atomic E-state index is 9.47. The molecule has 6 heteroatoms. The number of thiophene rings is 1. The molecule has 2 heterocycles. The Balaban J connectivity index is 2.09. The van der Waals surface area contributed by atoms with Crippen molar-refractivity contribution in [3.05, 3.63) is 10.4 Å². The average Bonchev–Trinajstić information content (AvgIpc) is 2.83. The number of rotatable bonds is 4. The number of fused-ring (bicyclic) bond motifs is 3. The van der Waals surface area contributed by atoms with Gasteiger partial charge < -0.3 is 10.4 Å². The summed E-state index contributed by atoms with van der Waals surface area (Å²) >= 11 is 3.38. The Labute approximate surface area is 127 Å². The molecule has 2 aromatic rings. The van der Waals surface area contributed by atoms with E-state index >= 15 is 0 Å². The molecule has 0 aliphatic heterocycles. The van der Waals surface area contributed by atoms with E-state index in [9.17, 15) is 5.11 Å². The zero-order chi connectivity index (χ0) is 14.1. The summed E-state index contributed by atoms with van der Waals surface area (Å²) in [6.45, 7) is 2.29. The Morgan fingerprint density at radius 1 is 1.35 bits per heavy atom. The molecule has 0 saturated heterocycles. The van der Waals surface area contributed by atoms with Crippen molar-refractivity contribution in [1.29, 1.82) is 0 Å². The molecule has 1 atom stereocenters. The van der Waals surface area contributed by atoms with E-state index in [0.29, 0.717) is 6.54 Å². The molecule has 2 aromatic heterocycles. The first kappa shape index (κ1) is 14.1. The van der Waals surface area contributed by atoms with E-state index in [4.69, 9.17) is 4.98 Å². The molecule has 20 heavy (non-hydrogen) atoms. The lowest BCUT2D eigenvalue weighted by Gasteiger charge is -2.11. The largest absolute Gasteiger partial charge is 0.392 e. The molecule has 0 saturated carbocycles. The van der Waals surface area contributed by atoms with Crippen molar-refractivity contribution in [1.82, 2.24) is 9.97 Å². The minimum absolute atomic E-state index is 0.382. The van der Waals surface area contributed by atoms with Crippen molar-refractivity contribution in [2.75, 3.05) is 18.1 Å². The van der Waals surface area contributed by atoms with Crippen LogP contribution in [0.3, 0.4) is 0 Å². The van der Waals surface area contributed by atoms with Crippen LogP contribution in [0, 0.1) is 0 Å². The molecule has 1 aliphatic carbocycles. The van der Waals surface area contributed by atoms with Crippen LogP contribution in [0.15, 0.2) is 5.16 Å². The lowest BCUT2D eigenvalue weighted by molar-refractivity contribution is 0.208. The molecular formula is C14H19N3OS2. The topological polar surface area (TPSA) is 58.0 Å². The van der Waals surface area contributed by atoms with Crippen molar-refractivity contribution in [3.63, 3.8) is 0 Å². The molecule has 0 amide bonds. The fraction of sp³-hybridized carbons (Fsp3) is 0.571. The second-order valence-corrected chi connectivity index (χ2v) is 7.06. The van der Waals surface area contributed by atoms with Gasteiger partial charge in [0.1, 0.15) is 5.82 Å². The summed E-state index contributed by atoms with van der Waals surface area (Å²) in [6, 6.07) is 0. The maximum absolute atomic E-state index is 9.47. The first-order chi connectivity index (χ1) is 9.69. The van der Waals surface area contributed by atoms with Crippen LogP contribution in [0.4, 0.5) is 5.82 Å². The summed E-state index contributed by atoms with van der Waals surface area (Å²) in [5.41, 5.74) is 2.55. The van der Waals surface area contributed by atoms with E-state index in [1.807, 2.05) is 17.6 Å². The summed E-state index contributed by atoms with van der Waals surface area (Å²) in [5.74, 6) is 0.875. The quantitative estimate of drug-likeness (QED) is 0.671. The van der Waals surface area contributed by atoms with Crippen LogP contribution in [0.1, 0.15) is 30.2 Å². The van der Waals surface area contributed by atoms with Crippen LogP contribution in [0.25, 0.3) is 10.2 Å². The predicted octanol–water partition coefficient (Wildman–Crippen LogP) is 3.08. The summed E-state index contributed by atoms with van der Waals surface area (Å²) in [5, 5.41) is 13.5. The van der Waals surface area contributed by atoms with E-state index in [-0.39, 0.29) is 6.10 Å². The molecule has 0 bridgehead atoms. The molecule has 0 spiro atoms. The van der Waals surface area contributed by atoms with Crippen LogP contribution < -0.4 is 5.32 Å². The first-order valence-electron chi connectivity index (χ1n) is 6.97. The number of hydrogen-bond acceptors (Lipinski definition) is 6. The number of thioether (sulfide) groups is 1. The van der Waals surface area contributed by atoms with Crippen molar-refractivity contribution in [2.24, 2.45) is 0 Å². The zero-order valence-electron chi connectivity index (χ0n) is 11.8. The predicted molar refractivity (Wildman–Crippen MR) is 86.0 cm³/mol. The molecule has 108 valence electrons. The fourth-order valence-corrected chi connectivity index (χ4v) is 4.21. The van der Waals surface area contributed by atoms with Crippen molar-refractivity contribution in [2.45, 2.75) is 43.9 Å². The van der Waals surface area contributed by atoms with Crippen LogP contribution in [-0.4, -0.2) is 34.0 Å². The van der Waals surface area contributed by atoms with Gasteiger partial charge in [-0.25, -0.2) is 9.97 Å². The molecular weight excluding hydrogens is 290 g/mol. The van der Waals surface area contributed by atoms with Gasteiger partial charge in [-0.1, -0.05) is 11.8 Å². The van der Waals surface area contributed by atoms with Gasteiger partial charge in [-0.3, -0.25) is 0 Å². The third-order valence-electron chi connectivity index (χ3n) is 3.52. The third-order valence-corrected chi connectivity index (χ3v) is 5.36. The molecule has 2 N–H and O–H groups in total. The Morgan fingerprint density at radius 2 is 2.15 bits per heavy atom. The van der Waals surface area contributed by atoms with Gasteiger partial charge in [0.05, 0.1) is 16.3 Å². The maximum Gasteiger partial charge on any atom is 0.189 e. The Morgan fingerprint density at radius 3 is 2.90 bits per heavy atom. The second-order valence-electron chi connectivity index (χ2n) is 5.18. The van der Waals surface area contributed by atoms with Gasteiger partial charge >= 0.3 is 0 Å². The van der Waals surface area contributed by atoms with Crippen molar-refractivity contribution < 1.29 is 5.11 Å². The zero-order valence-corrected chi connectivity index (χ0v) is 13.4. The number of anilines is 1. The van der Waals surface area contributed by atoms with E-state index in [1.165, 1.54) is 29.7 Å². The minimum Gasteiger partial charge on any atom is -0.392 e. The van der Waals surface area contributed by atoms with Crippen LogP contribution in [0.2, 0.25) is 0 Å². The number of aliphatic hydroxyl groups is 1. The lowest BCUT2D eigenvalue weighted by Crippen LogP contribution is -2.16. The summed E-state index contributed by atoms with van der Waals surface area (Å²) in [7, 11) is 0. The van der Waals surface area contributed by atoms with Gasteiger partial charge in [0, 0.05) is 11.4 Å². The average molecular weight is 309 g/mol. The molecule has 0 unspecified atom stereocenters. The highest BCUT2D eigenvalue weighted by Crippen LogP contribution is 2.39. The van der Waals surface area contributed by atoms with Crippen LogP contribution in [0.5, 0.6) is 0 Å². The minimum atomic E-state index is -0.382. The number of hydrogen-bond donors (Lipinski definition) is 2. The third kappa shape index (κ3) is 2.64. The van der Waals surface area contributed by atoms with E-state index in [0.717, 1.165) is 27.6 Å². The normalized spacial score (nSPS) is 16.1. The SMILES string of the molecule is CSc1nc(NC[C@H](C)O)c2sc3c(c2n1)CCCC3. The number of aryl methyl sites for hydroxylation is 2. The summed E-state index contributed by atoms with van der Waals surface area (Å²) < 4.78 is 1.15. The van der Waals surface area contributed by atoms with Crippen LogP contribution >= 0.6 is 23.1 Å². The van der Waals surface area contributed by atoms with Gasteiger partial charge in [-0.15, -0.1) is 11.3 Å². The molecule has 0 radical (unpaired) electrons. The van der Waals surface area contributed by atoms with Gasteiger partial charge in [0.25, 0.3) is 0 Å². The van der Waals surface area contributed by atoms with E-state index in [1.54, 1.807) is 18.7 Å². The Kier molecular flexibility index (Phi) is 4.14. The molecule has 3 rings (SSSR count). The highest BCUT2D eigenvalue weighted by atomic mass is 32.2. The van der Waals surface area contributed by atoms with Gasteiger partial charge in [-0.2, -0.15) is 0 Å². The van der Waals surface area contributed by atoms with Crippen molar-refractivity contribution >= 4 is 39.1 Å². The van der Waals surface area contributed by atoms with E-state index < -0.39 is 0 Å². The Hall–Kier alpha value is -0.850. The van der Waals surface area contributed by atoms with Gasteiger partial charge in [0.2, 0.25) is 0 Å². The van der Waals surface area contributed by atoms with Crippen LogP contribution in [-0.2, 0) is 12.8 Å². The molecule has 1 aliphatic rings. The molecule has 0 aromatic carbocycles. The smallest absolute Gasteiger partial charge is 0.189 e. The number of nitrogens with one attached hydrogen (secondary N) is 1. The first-order valence-corrected chi connectivity index (χ1v) is 9.01. The Bertz CT molecular complexity index is 624. The second kappa shape index (κ2) is 5.87. The monoisotopic (exact) mass is 309 g/mol. The molecule has 0 fully saturated rings. The highest BCUT2D eigenvalue weighted by Gasteiger charge is 2.20.